The molecule has 0 bridgehead atoms. The molecule has 0 radical (unpaired) electrons. The second kappa shape index (κ2) is 15.1. The summed E-state index contributed by atoms with van der Waals surface area (Å²) in [4.78, 5) is 70.7. The molecule has 33 heavy (non-hydrogen) atoms. The van der Waals surface area contributed by atoms with Crippen LogP contribution in [0.2, 0.25) is 0 Å². The fourth-order valence-corrected chi connectivity index (χ4v) is 3.00. The van der Waals surface area contributed by atoms with E-state index in [0.29, 0.717) is 5.75 Å². The van der Waals surface area contributed by atoms with Crippen molar-refractivity contribution in [3.8, 4) is 0 Å². The first-order valence-electron chi connectivity index (χ1n) is 10.1. The van der Waals surface area contributed by atoms with Crippen molar-refractivity contribution in [1.29, 1.82) is 0 Å². The summed E-state index contributed by atoms with van der Waals surface area (Å²) in [5.74, 6) is -6.51. The Balaban J connectivity index is 5.56. The van der Waals surface area contributed by atoms with Crippen molar-refractivity contribution in [2.45, 2.75) is 63.7 Å². The van der Waals surface area contributed by atoms with E-state index < -0.39 is 72.6 Å². The van der Waals surface area contributed by atoms with Crippen LogP contribution in [0, 0.1) is 5.92 Å². The first kappa shape index (κ1) is 30.1. The summed E-state index contributed by atoms with van der Waals surface area (Å²) in [6.45, 7) is 3.45. The molecule has 13 nitrogen and oxygen atoms in total. The second-order valence-corrected chi connectivity index (χ2v) is 8.59. The molecule has 0 aliphatic rings. The standard InChI is InChI=1S/C19H32N4O9S/c1-9(2)15(20)18(30)22-11(6-7-33-3)17(29)21-10(4-5-13(24)25)16(28)23-12(19(31)32)8-14(26)27/h9-12,15H,4-8,20H2,1-3H3,(H,21,29)(H,22,30)(H,23,28)(H,24,25)(H,26,27)(H,31,32)/t10-,11-,12-,15-/m0/s1. The third-order valence-corrected chi connectivity index (χ3v) is 5.18. The largest absolute Gasteiger partial charge is 0.481 e. The number of carboxylic acids is 3. The quantitative estimate of drug-likeness (QED) is 0.133. The molecule has 0 aromatic heterocycles. The first-order chi connectivity index (χ1) is 15.3. The van der Waals surface area contributed by atoms with Crippen molar-refractivity contribution in [2.24, 2.45) is 11.7 Å². The number of rotatable bonds is 16. The van der Waals surface area contributed by atoms with Gasteiger partial charge in [0.1, 0.15) is 18.1 Å². The molecule has 0 unspecified atom stereocenters. The third-order valence-electron chi connectivity index (χ3n) is 4.54. The minimum Gasteiger partial charge on any atom is -0.481 e. The topological polar surface area (TPSA) is 225 Å². The lowest BCUT2D eigenvalue weighted by atomic mass is 10.0. The molecule has 8 N–H and O–H groups in total. The molecular formula is C19H32N4O9S. The molecule has 0 spiro atoms. The Morgan fingerprint density at radius 1 is 0.788 bits per heavy atom. The third kappa shape index (κ3) is 12.1. The molecule has 0 saturated carbocycles. The predicted molar refractivity (Wildman–Crippen MR) is 118 cm³/mol. The monoisotopic (exact) mass is 492 g/mol. The lowest BCUT2D eigenvalue weighted by molar-refractivity contribution is -0.147. The van der Waals surface area contributed by atoms with Crippen molar-refractivity contribution in [1.82, 2.24) is 16.0 Å². The molecule has 14 heteroatoms. The van der Waals surface area contributed by atoms with Crippen LogP contribution in [0.15, 0.2) is 0 Å². The summed E-state index contributed by atoms with van der Waals surface area (Å²) in [5.41, 5.74) is 5.81. The molecule has 0 aliphatic carbocycles. The number of nitrogens with two attached hydrogens (primary N) is 1. The van der Waals surface area contributed by atoms with Crippen LogP contribution in [-0.4, -0.2) is 87.1 Å². The van der Waals surface area contributed by atoms with Gasteiger partial charge in [0.15, 0.2) is 0 Å². The van der Waals surface area contributed by atoms with E-state index in [-0.39, 0.29) is 18.8 Å². The van der Waals surface area contributed by atoms with Crippen LogP contribution in [0.5, 0.6) is 0 Å². The van der Waals surface area contributed by atoms with Gasteiger partial charge in [0, 0.05) is 6.42 Å². The van der Waals surface area contributed by atoms with E-state index >= 15 is 0 Å². The SMILES string of the molecule is CSCC[C@H](NC(=O)[C@@H](N)C(C)C)C(=O)N[C@@H](CCC(=O)O)C(=O)N[C@@H](CC(=O)O)C(=O)O. The minimum atomic E-state index is -1.78. The fourth-order valence-electron chi connectivity index (χ4n) is 2.53. The highest BCUT2D eigenvalue weighted by molar-refractivity contribution is 7.98. The molecule has 0 saturated heterocycles. The summed E-state index contributed by atoms with van der Waals surface area (Å²) in [5, 5.41) is 33.7. The molecule has 0 aromatic rings. The molecule has 4 atom stereocenters. The van der Waals surface area contributed by atoms with Gasteiger partial charge in [-0.1, -0.05) is 13.8 Å². The van der Waals surface area contributed by atoms with Gasteiger partial charge in [-0.2, -0.15) is 11.8 Å². The van der Waals surface area contributed by atoms with E-state index in [2.05, 4.69) is 10.6 Å². The minimum absolute atomic E-state index is 0.188. The Morgan fingerprint density at radius 3 is 1.70 bits per heavy atom. The van der Waals surface area contributed by atoms with Crippen LogP contribution < -0.4 is 21.7 Å². The van der Waals surface area contributed by atoms with Gasteiger partial charge in [-0.25, -0.2) is 4.79 Å². The number of thioether (sulfide) groups is 1. The summed E-state index contributed by atoms with van der Waals surface area (Å²) in [7, 11) is 0. The number of carbonyl (C=O) groups excluding carboxylic acids is 3. The van der Waals surface area contributed by atoms with Crippen molar-refractivity contribution < 1.29 is 44.1 Å². The lowest BCUT2D eigenvalue weighted by Crippen LogP contribution is -2.57. The normalized spacial score (nSPS) is 14.5. The van der Waals surface area contributed by atoms with Gasteiger partial charge in [-0.05, 0) is 30.8 Å². The van der Waals surface area contributed by atoms with E-state index in [1.165, 1.54) is 11.8 Å². The van der Waals surface area contributed by atoms with Crippen LogP contribution >= 0.6 is 11.8 Å². The highest BCUT2D eigenvalue weighted by Crippen LogP contribution is 2.07. The Bertz CT molecular complexity index is 732. The van der Waals surface area contributed by atoms with Gasteiger partial charge in [-0.15, -0.1) is 0 Å². The van der Waals surface area contributed by atoms with Crippen LogP contribution in [0.25, 0.3) is 0 Å². The molecule has 0 aliphatic heterocycles. The summed E-state index contributed by atoms with van der Waals surface area (Å²) >= 11 is 1.41. The molecule has 0 fully saturated rings. The maximum atomic E-state index is 12.8. The summed E-state index contributed by atoms with van der Waals surface area (Å²) in [6, 6.07) is -5.22. The van der Waals surface area contributed by atoms with Gasteiger partial charge >= 0.3 is 17.9 Å². The van der Waals surface area contributed by atoms with E-state index in [1.54, 1.807) is 20.1 Å². The number of nitrogens with one attached hydrogen (secondary N) is 3. The molecule has 3 amide bonds. The molecule has 188 valence electrons. The predicted octanol–water partition coefficient (Wildman–Crippen LogP) is -1.40. The summed E-state index contributed by atoms with van der Waals surface area (Å²) in [6.07, 6.45) is 0.137. The van der Waals surface area contributed by atoms with Crippen LogP contribution in [-0.2, 0) is 28.8 Å². The number of aliphatic carboxylic acids is 3. The van der Waals surface area contributed by atoms with Crippen LogP contribution in [0.4, 0.5) is 0 Å². The highest BCUT2D eigenvalue weighted by atomic mass is 32.2. The second-order valence-electron chi connectivity index (χ2n) is 7.60. The van der Waals surface area contributed by atoms with E-state index in [9.17, 15) is 28.8 Å². The molecule has 0 rings (SSSR count). The molecule has 0 heterocycles. The number of carbonyl (C=O) groups is 6. The number of hydrogen-bond donors (Lipinski definition) is 7. The van der Waals surface area contributed by atoms with Crippen LogP contribution in [0.3, 0.4) is 0 Å². The average molecular weight is 493 g/mol. The zero-order valence-corrected chi connectivity index (χ0v) is 19.5. The van der Waals surface area contributed by atoms with Gasteiger partial charge in [-0.3, -0.25) is 24.0 Å². The van der Waals surface area contributed by atoms with E-state index in [4.69, 9.17) is 21.1 Å². The van der Waals surface area contributed by atoms with Gasteiger partial charge in [0.25, 0.3) is 0 Å². The molecular weight excluding hydrogens is 460 g/mol. The zero-order valence-electron chi connectivity index (χ0n) is 18.7. The van der Waals surface area contributed by atoms with Gasteiger partial charge in [0.2, 0.25) is 17.7 Å². The number of amides is 3. The zero-order chi connectivity index (χ0) is 25.7. The Kier molecular flexibility index (Phi) is 13.7. The van der Waals surface area contributed by atoms with E-state index in [0.717, 1.165) is 0 Å². The number of hydrogen-bond acceptors (Lipinski definition) is 8. The van der Waals surface area contributed by atoms with Gasteiger partial charge < -0.3 is 37.0 Å². The summed E-state index contributed by atoms with van der Waals surface area (Å²) < 4.78 is 0. The van der Waals surface area contributed by atoms with Crippen molar-refractivity contribution >= 4 is 47.4 Å². The van der Waals surface area contributed by atoms with Crippen molar-refractivity contribution in [3.05, 3.63) is 0 Å². The van der Waals surface area contributed by atoms with Crippen molar-refractivity contribution in [2.75, 3.05) is 12.0 Å². The Labute approximate surface area is 195 Å². The smallest absolute Gasteiger partial charge is 0.326 e. The average Bonchev–Trinajstić information content (AvgIpc) is 2.71. The Hall–Kier alpha value is -2.87. The maximum Gasteiger partial charge on any atom is 0.326 e. The van der Waals surface area contributed by atoms with Gasteiger partial charge in [0.05, 0.1) is 12.5 Å². The first-order valence-corrected chi connectivity index (χ1v) is 11.5. The van der Waals surface area contributed by atoms with E-state index in [1.807, 2.05) is 5.32 Å². The highest BCUT2D eigenvalue weighted by Gasteiger charge is 2.31. The Morgan fingerprint density at radius 2 is 1.27 bits per heavy atom. The maximum absolute atomic E-state index is 12.8. The molecule has 0 aromatic carbocycles. The van der Waals surface area contributed by atoms with Crippen LogP contribution in [0.1, 0.15) is 39.5 Å². The lowest BCUT2D eigenvalue weighted by Gasteiger charge is -2.25. The van der Waals surface area contributed by atoms with Crippen molar-refractivity contribution in [3.63, 3.8) is 0 Å². The number of carboxylic acid groups (broad SMARTS) is 3. The fraction of sp³-hybridized carbons (Fsp3) is 0.684.